The van der Waals surface area contributed by atoms with Gasteiger partial charge in [0.2, 0.25) is 0 Å². The first-order valence-electron chi connectivity index (χ1n) is 7.33. The van der Waals surface area contributed by atoms with Gasteiger partial charge in [0.1, 0.15) is 11.3 Å². The summed E-state index contributed by atoms with van der Waals surface area (Å²) in [4.78, 5) is 22.8. The third kappa shape index (κ3) is 2.54. The van der Waals surface area contributed by atoms with Gasteiger partial charge in [-0.15, -0.1) is 0 Å². The van der Waals surface area contributed by atoms with Crippen molar-refractivity contribution in [2.24, 2.45) is 11.1 Å². The van der Waals surface area contributed by atoms with Crippen LogP contribution in [0.15, 0.2) is 24.5 Å². The van der Waals surface area contributed by atoms with Gasteiger partial charge >= 0.3 is 0 Å². The van der Waals surface area contributed by atoms with Crippen LogP contribution in [-0.4, -0.2) is 39.9 Å². The van der Waals surface area contributed by atoms with E-state index in [-0.39, 0.29) is 22.9 Å². The summed E-state index contributed by atoms with van der Waals surface area (Å²) >= 11 is 0. The van der Waals surface area contributed by atoms with Crippen LogP contribution >= 0.6 is 0 Å². The molecule has 2 heterocycles. The van der Waals surface area contributed by atoms with Crippen LogP contribution in [0.3, 0.4) is 0 Å². The van der Waals surface area contributed by atoms with Gasteiger partial charge in [0.05, 0.1) is 11.1 Å². The van der Waals surface area contributed by atoms with Crippen LogP contribution in [0, 0.1) is 11.2 Å². The molecule has 1 fully saturated rings. The van der Waals surface area contributed by atoms with Crippen molar-refractivity contribution < 1.29 is 9.18 Å². The largest absolute Gasteiger partial charge is 0.338 e. The van der Waals surface area contributed by atoms with Gasteiger partial charge in [-0.3, -0.25) is 14.8 Å². The molecule has 5 nitrogen and oxygen atoms in total. The minimum absolute atomic E-state index is 0.0561. The zero-order valence-corrected chi connectivity index (χ0v) is 12.7. The van der Waals surface area contributed by atoms with Gasteiger partial charge in [0, 0.05) is 37.6 Å². The Morgan fingerprint density at radius 2 is 2.09 bits per heavy atom. The molecule has 1 aromatic heterocycles. The summed E-state index contributed by atoms with van der Waals surface area (Å²) in [6.45, 7) is 5.20. The van der Waals surface area contributed by atoms with Crippen LogP contribution in [0.25, 0.3) is 11.0 Å². The number of likely N-dealkylation sites (tertiary alicyclic amines) is 1. The molecule has 0 radical (unpaired) electrons. The maximum atomic E-state index is 13.8. The Bertz CT molecular complexity index is 731. The molecular weight excluding hydrogens is 283 g/mol. The number of piperidine rings is 1. The summed E-state index contributed by atoms with van der Waals surface area (Å²) in [5.41, 5.74) is 7.02. The van der Waals surface area contributed by atoms with Gasteiger partial charge in [0.25, 0.3) is 5.91 Å². The van der Waals surface area contributed by atoms with Crippen LogP contribution in [-0.2, 0) is 0 Å². The highest BCUT2D eigenvalue weighted by Crippen LogP contribution is 2.29. The van der Waals surface area contributed by atoms with Crippen molar-refractivity contribution in [2.75, 3.05) is 13.1 Å². The Morgan fingerprint density at radius 1 is 1.36 bits per heavy atom. The number of amides is 1. The maximum Gasteiger partial charge on any atom is 0.256 e. The monoisotopic (exact) mass is 302 g/mol. The molecule has 0 bridgehead atoms. The van der Waals surface area contributed by atoms with E-state index in [1.807, 2.05) is 13.8 Å². The predicted molar refractivity (Wildman–Crippen MR) is 81.8 cm³/mol. The number of carbonyl (C=O) groups is 1. The average Bonchev–Trinajstić information content (AvgIpc) is 2.48. The number of carbonyl (C=O) groups excluding carboxylic acids is 1. The van der Waals surface area contributed by atoms with Crippen molar-refractivity contribution in [3.8, 4) is 0 Å². The Balaban J connectivity index is 1.99. The summed E-state index contributed by atoms with van der Waals surface area (Å²) in [6, 6.07) is 2.58. The lowest BCUT2D eigenvalue weighted by molar-refractivity contribution is 0.0534. The first-order valence-corrected chi connectivity index (χ1v) is 7.33. The van der Waals surface area contributed by atoms with Crippen LogP contribution in [0.2, 0.25) is 0 Å². The van der Waals surface area contributed by atoms with E-state index < -0.39 is 5.82 Å². The van der Waals surface area contributed by atoms with Crippen LogP contribution < -0.4 is 5.73 Å². The smallest absolute Gasteiger partial charge is 0.256 e. The van der Waals surface area contributed by atoms with Crippen molar-refractivity contribution >= 4 is 16.9 Å². The zero-order valence-electron chi connectivity index (χ0n) is 12.7. The van der Waals surface area contributed by atoms with Gasteiger partial charge in [-0.2, -0.15) is 0 Å². The Hall–Kier alpha value is -2.08. The van der Waals surface area contributed by atoms with Crippen LogP contribution in [0.5, 0.6) is 0 Å². The van der Waals surface area contributed by atoms with E-state index in [1.165, 1.54) is 24.5 Å². The minimum Gasteiger partial charge on any atom is -0.338 e. The van der Waals surface area contributed by atoms with E-state index in [2.05, 4.69) is 9.97 Å². The van der Waals surface area contributed by atoms with E-state index in [0.717, 1.165) is 6.42 Å². The lowest BCUT2D eigenvalue weighted by Crippen LogP contribution is -2.54. The highest BCUT2D eigenvalue weighted by atomic mass is 19.1. The number of hydrogen-bond donors (Lipinski definition) is 1. The molecule has 1 aliphatic heterocycles. The summed E-state index contributed by atoms with van der Waals surface area (Å²) in [6.07, 6.45) is 3.73. The number of halogens is 1. The molecule has 1 atom stereocenters. The molecule has 3 rings (SSSR count). The summed E-state index contributed by atoms with van der Waals surface area (Å²) in [5.74, 6) is -0.700. The Kier molecular flexibility index (Phi) is 3.56. The molecule has 2 aromatic rings. The molecule has 0 aliphatic carbocycles. The summed E-state index contributed by atoms with van der Waals surface area (Å²) in [5, 5.41) is 0. The van der Waals surface area contributed by atoms with Crippen molar-refractivity contribution in [1.82, 2.24) is 14.9 Å². The molecule has 22 heavy (non-hydrogen) atoms. The van der Waals surface area contributed by atoms with E-state index in [4.69, 9.17) is 5.73 Å². The van der Waals surface area contributed by atoms with Gasteiger partial charge < -0.3 is 10.6 Å². The average molecular weight is 302 g/mol. The topological polar surface area (TPSA) is 72.1 Å². The SMILES string of the molecule is CC1(C)CN(C(=O)c2cc(F)cc3nccnc23)CCC1N. The zero-order chi connectivity index (χ0) is 15.9. The van der Waals surface area contributed by atoms with Gasteiger partial charge in [-0.25, -0.2) is 4.39 Å². The molecule has 1 unspecified atom stereocenters. The highest BCUT2D eigenvalue weighted by Gasteiger charge is 2.36. The Morgan fingerprint density at radius 3 is 2.82 bits per heavy atom. The number of nitrogens with zero attached hydrogens (tertiary/aromatic N) is 3. The second-order valence-corrected chi connectivity index (χ2v) is 6.49. The second kappa shape index (κ2) is 5.28. The summed E-state index contributed by atoms with van der Waals surface area (Å²) in [7, 11) is 0. The van der Waals surface area contributed by atoms with E-state index in [1.54, 1.807) is 4.90 Å². The molecule has 6 heteroatoms. The van der Waals surface area contributed by atoms with E-state index in [9.17, 15) is 9.18 Å². The maximum absolute atomic E-state index is 13.8. The number of fused-ring (bicyclic) bond motifs is 1. The first-order chi connectivity index (χ1) is 10.4. The van der Waals surface area contributed by atoms with Crippen molar-refractivity contribution in [3.63, 3.8) is 0 Å². The second-order valence-electron chi connectivity index (χ2n) is 6.49. The van der Waals surface area contributed by atoms with Crippen LogP contribution in [0.1, 0.15) is 30.6 Å². The van der Waals surface area contributed by atoms with E-state index >= 15 is 0 Å². The minimum atomic E-state index is -0.482. The standard InChI is InChI=1S/C16H19FN4O/c1-16(2)9-21(6-3-13(16)18)15(22)11-7-10(17)8-12-14(11)20-5-4-19-12/h4-5,7-8,13H,3,6,9,18H2,1-2H3. The Labute approximate surface area is 128 Å². The van der Waals surface area contributed by atoms with Gasteiger partial charge in [0.15, 0.2) is 0 Å². The number of aromatic nitrogens is 2. The van der Waals surface area contributed by atoms with Crippen molar-refractivity contribution in [1.29, 1.82) is 0 Å². The normalized spacial score (nSPS) is 21.1. The quantitative estimate of drug-likeness (QED) is 0.874. The molecule has 0 spiro atoms. The lowest BCUT2D eigenvalue weighted by Gasteiger charge is -2.42. The molecule has 0 saturated carbocycles. The van der Waals surface area contributed by atoms with Crippen molar-refractivity contribution in [2.45, 2.75) is 26.3 Å². The molecule has 1 amide bonds. The molecule has 116 valence electrons. The van der Waals surface area contributed by atoms with Crippen molar-refractivity contribution in [3.05, 3.63) is 35.9 Å². The van der Waals surface area contributed by atoms with Crippen LogP contribution in [0.4, 0.5) is 4.39 Å². The fourth-order valence-corrected chi connectivity index (χ4v) is 2.92. The highest BCUT2D eigenvalue weighted by molar-refractivity contribution is 6.04. The molecule has 1 aromatic carbocycles. The van der Waals surface area contributed by atoms with E-state index in [0.29, 0.717) is 24.1 Å². The third-order valence-corrected chi connectivity index (χ3v) is 4.37. The fraction of sp³-hybridized carbons (Fsp3) is 0.438. The lowest BCUT2D eigenvalue weighted by atomic mass is 9.79. The first kappa shape index (κ1) is 14.8. The van der Waals surface area contributed by atoms with Gasteiger partial charge in [-0.1, -0.05) is 13.8 Å². The number of nitrogens with two attached hydrogens (primary N) is 1. The molecule has 1 aliphatic rings. The molecule has 2 N–H and O–H groups in total. The summed E-state index contributed by atoms with van der Waals surface area (Å²) < 4.78 is 13.8. The number of hydrogen-bond acceptors (Lipinski definition) is 4. The molecular formula is C16H19FN4O. The third-order valence-electron chi connectivity index (χ3n) is 4.37. The molecule has 1 saturated heterocycles. The predicted octanol–water partition coefficient (Wildman–Crippen LogP) is 1.97. The number of rotatable bonds is 1. The fourth-order valence-electron chi connectivity index (χ4n) is 2.92. The number of benzene rings is 1. The van der Waals surface area contributed by atoms with Gasteiger partial charge in [-0.05, 0) is 17.9 Å².